The first-order chi connectivity index (χ1) is 11.1. The van der Waals surface area contributed by atoms with Gasteiger partial charge >= 0.3 is 5.63 Å². The van der Waals surface area contributed by atoms with Gasteiger partial charge in [0.2, 0.25) is 0 Å². The Bertz CT molecular complexity index is 738. The van der Waals surface area contributed by atoms with Crippen LogP contribution in [0.5, 0.6) is 0 Å². The summed E-state index contributed by atoms with van der Waals surface area (Å²) in [6.45, 7) is 7.93. The number of halogens is 1. The molecule has 124 valence electrons. The molecule has 1 fully saturated rings. The molecule has 3 rings (SSSR count). The molecule has 5 nitrogen and oxygen atoms in total. The summed E-state index contributed by atoms with van der Waals surface area (Å²) in [5.74, 6) is 0. The normalized spacial score (nSPS) is 16.1. The maximum atomic E-state index is 11.7. The highest BCUT2D eigenvalue weighted by molar-refractivity contribution is 6.32. The smallest absolute Gasteiger partial charge is 0.336 e. The molecular formula is C17H21ClN2O3. The second-order valence-electron chi connectivity index (χ2n) is 5.82. The van der Waals surface area contributed by atoms with Crippen molar-refractivity contribution in [2.45, 2.75) is 13.5 Å². The fourth-order valence-corrected chi connectivity index (χ4v) is 2.94. The van der Waals surface area contributed by atoms with E-state index >= 15 is 0 Å². The maximum Gasteiger partial charge on any atom is 0.336 e. The molecular weight excluding hydrogens is 316 g/mol. The molecule has 0 amide bonds. The second kappa shape index (κ2) is 7.45. The van der Waals surface area contributed by atoms with Crippen molar-refractivity contribution in [2.75, 3.05) is 39.4 Å². The summed E-state index contributed by atoms with van der Waals surface area (Å²) in [4.78, 5) is 14.1. The van der Waals surface area contributed by atoms with E-state index in [2.05, 4.69) is 10.2 Å². The van der Waals surface area contributed by atoms with Gasteiger partial charge in [-0.25, -0.2) is 4.79 Å². The quantitative estimate of drug-likeness (QED) is 0.670. The van der Waals surface area contributed by atoms with Crippen LogP contribution in [0, 0.1) is 6.92 Å². The fourth-order valence-electron chi connectivity index (χ4n) is 2.78. The van der Waals surface area contributed by atoms with Crippen molar-refractivity contribution >= 4 is 22.6 Å². The van der Waals surface area contributed by atoms with Crippen LogP contribution in [0.3, 0.4) is 0 Å². The average molecular weight is 337 g/mol. The monoisotopic (exact) mass is 336 g/mol. The lowest BCUT2D eigenvalue weighted by Crippen LogP contribution is -2.40. The maximum absolute atomic E-state index is 11.7. The molecule has 1 N–H and O–H groups in total. The zero-order valence-electron chi connectivity index (χ0n) is 13.2. The number of fused-ring (bicyclic) bond motifs is 1. The number of hydrogen-bond donors (Lipinski definition) is 1. The molecule has 0 atom stereocenters. The van der Waals surface area contributed by atoms with Crippen molar-refractivity contribution < 1.29 is 9.15 Å². The van der Waals surface area contributed by atoms with Crippen molar-refractivity contribution in [2.24, 2.45) is 0 Å². The van der Waals surface area contributed by atoms with Crippen LogP contribution in [-0.4, -0.2) is 44.3 Å². The van der Waals surface area contributed by atoms with Crippen molar-refractivity contribution in [3.63, 3.8) is 0 Å². The first-order valence-corrected chi connectivity index (χ1v) is 8.25. The Morgan fingerprint density at radius 3 is 2.83 bits per heavy atom. The molecule has 0 aliphatic carbocycles. The third-order valence-electron chi connectivity index (χ3n) is 4.13. The van der Waals surface area contributed by atoms with E-state index in [0.717, 1.165) is 55.9 Å². The number of nitrogens with one attached hydrogen (secondary N) is 1. The van der Waals surface area contributed by atoms with Gasteiger partial charge in [-0.2, -0.15) is 0 Å². The number of morpholine rings is 1. The van der Waals surface area contributed by atoms with Crippen LogP contribution in [0.25, 0.3) is 11.0 Å². The molecule has 1 saturated heterocycles. The fraction of sp³-hybridized carbons (Fsp3) is 0.471. The SMILES string of the molecule is Cc1cc2oc(=O)cc(CNCCN3CCOCC3)c2cc1Cl. The van der Waals surface area contributed by atoms with Crippen molar-refractivity contribution in [3.8, 4) is 0 Å². The summed E-state index contributed by atoms with van der Waals surface area (Å²) >= 11 is 6.20. The van der Waals surface area contributed by atoms with Crippen LogP contribution in [0.15, 0.2) is 27.4 Å². The van der Waals surface area contributed by atoms with E-state index in [1.165, 1.54) is 6.07 Å². The van der Waals surface area contributed by atoms with E-state index in [9.17, 15) is 4.79 Å². The van der Waals surface area contributed by atoms with Crippen LogP contribution < -0.4 is 10.9 Å². The van der Waals surface area contributed by atoms with Crippen molar-refractivity contribution in [3.05, 3.63) is 44.8 Å². The van der Waals surface area contributed by atoms with Gasteiger partial charge < -0.3 is 14.5 Å². The van der Waals surface area contributed by atoms with Gasteiger partial charge in [0.15, 0.2) is 0 Å². The predicted octanol–water partition coefficient (Wildman–Crippen LogP) is 2.18. The molecule has 0 unspecified atom stereocenters. The second-order valence-corrected chi connectivity index (χ2v) is 6.23. The largest absolute Gasteiger partial charge is 0.423 e. The summed E-state index contributed by atoms with van der Waals surface area (Å²) < 4.78 is 10.6. The van der Waals surface area contributed by atoms with E-state index in [1.807, 2.05) is 19.1 Å². The van der Waals surface area contributed by atoms with Gasteiger partial charge in [-0.3, -0.25) is 4.90 Å². The number of nitrogens with zero attached hydrogens (tertiary/aromatic N) is 1. The van der Waals surface area contributed by atoms with E-state index in [-0.39, 0.29) is 5.63 Å². The van der Waals surface area contributed by atoms with Crippen molar-refractivity contribution in [1.82, 2.24) is 10.2 Å². The van der Waals surface area contributed by atoms with Crippen molar-refractivity contribution in [1.29, 1.82) is 0 Å². The summed E-state index contributed by atoms with van der Waals surface area (Å²) in [5.41, 5.74) is 2.08. The summed E-state index contributed by atoms with van der Waals surface area (Å²) in [6, 6.07) is 5.22. The van der Waals surface area contributed by atoms with Crippen LogP contribution in [0.2, 0.25) is 5.02 Å². The first kappa shape index (κ1) is 16.5. The standard InChI is InChI=1S/C17H21ClN2O3/c1-12-8-16-14(10-15(12)18)13(9-17(21)23-16)11-19-2-3-20-4-6-22-7-5-20/h8-10,19H,2-7,11H2,1H3. The molecule has 23 heavy (non-hydrogen) atoms. The number of ether oxygens (including phenoxy) is 1. The van der Waals surface area contributed by atoms with Crippen LogP contribution in [-0.2, 0) is 11.3 Å². The van der Waals surface area contributed by atoms with Crippen LogP contribution >= 0.6 is 11.6 Å². The summed E-state index contributed by atoms with van der Waals surface area (Å²) in [7, 11) is 0. The Kier molecular flexibility index (Phi) is 5.33. The van der Waals surface area contributed by atoms with Crippen LogP contribution in [0.1, 0.15) is 11.1 Å². The van der Waals surface area contributed by atoms with Crippen LogP contribution in [0.4, 0.5) is 0 Å². The number of hydrogen-bond acceptors (Lipinski definition) is 5. The number of aryl methyl sites for hydroxylation is 1. The molecule has 2 heterocycles. The Labute approximate surface area is 140 Å². The lowest BCUT2D eigenvalue weighted by molar-refractivity contribution is 0.0384. The highest BCUT2D eigenvalue weighted by Crippen LogP contribution is 2.25. The predicted molar refractivity (Wildman–Crippen MR) is 91.2 cm³/mol. The van der Waals surface area contributed by atoms with Gasteiger partial charge in [0.05, 0.1) is 13.2 Å². The lowest BCUT2D eigenvalue weighted by Gasteiger charge is -2.26. The Morgan fingerprint density at radius 2 is 2.04 bits per heavy atom. The molecule has 1 aromatic carbocycles. The van der Waals surface area contributed by atoms with Gasteiger partial charge in [0.1, 0.15) is 5.58 Å². The Morgan fingerprint density at radius 1 is 1.26 bits per heavy atom. The zero-order chi connectivity index (χ0) is 16.2. The lowest BCUT2D eigenvalue weighted by atomic mass is 10.1. The highest BCUT2D eigenvalue weighted by atomic mass is 35.5. The van der Waals surface area contributed by atoms with E-state index in [1.54, 1.807) is 0 Å². The summed E-state index contributed by atoms with van der Waals surface area (Å²) in [6.07, 6.45) is 0. The minimum Gasteiger partial charge on any atom is -0.423 e. The third-order valence-corrected chi connectivity index (χ3v) is 4.54. The van der Waals surface area contributed by atoms with Gasteiger partial charge in [-0.1, -0.05) is 11.6 Å². The number of rotatable bonds is 5. The molecule has 6 heteroatoms. The third kappa shape index (κ3) is 4.12. The summed E-state index contributed by atoms with van der Waals surface area (Å²) in [5, 5.41) is 4.97. The Hall–Kier alpha value is -1.40. The highest BCUT2D eigenvalue weighted by Gasteiger charge is 2.10. The van der Waals surface area contributed by atoms with Gasteiger partial charge in [-0.15, -0.1) is 0 Å². The first-order valence-electron chi connectivity index (χ1n) is 7.87. The molecule has 0 radical (unpaired) electrons. The van der Waals surface area contributed by atoms with E-state index in [0.29, 0.717) is 17.2 Å². The van der Waals surface area contributed by atoms with E-state index in [4.69, 9.17) is 20.8 Å². The van der Waals surface area contributed by atoms with Gasteiger partial charge in [0.25, 0.3) is 0 Å². The molecule has 1 aliphatic heterocycles. The molecule has 2 aromatic rings. The topological polar surface area (TPSA) is 54.7 Å². The molecule has 0 spiro atoms. The molecule has 1 aliphatic rings. The number of benzene rings is 1. The zero-order valence-corrected chi connectivity index (χ0v) is 14.0. The molecule has 1 aromatic heterocycles. The average Bonchev–Trinajstić information content (AvgIpc) is 2.54. The van der Waals surface area contributed by atoms with E-state index < -0.39 is 0 Å². The van der Waals surface area contributed by atoms with Gasteiger partial charge in [0, 0.05) is 49.2 Å². The molecule has 0 saturated carbocycles. The minimum atomic E-state index is -0.329. The minimum absolute atomic E-state index is 0.329. The molecule has 0 bridgehead atoms. The van der Waals surface area contributed by atoms with Gasteiger partial charge in [-0.05, 0) is 30.2 Å². The Balaban J connectivity index is 1.67.